The number of carboxylic acid groups (broad SMARTS) is 8. The zero-order valence-corrected chi connectivity index (χ0v) is 65.2. The third-order valence-corrected chi connectivity index (χ3v) is 17.7. The van der Waals surface area contributed by atoms with E-state index in [1.54, 1.807) is 65.8 Å². The summed E-state index contributed by atoms with van der Waals surface area (Å²) < 4.78 is 4.94. The summed E-state index contributed by atoms with van der Waals surface area (Å²) in [6.45, 7) is 17.6. The Bertz CT molecular complexity index is 4570. The van der Waals surface area contributed by atoms with E-state index in [1.165, 1.54) is 57.4 Å². The Kier molecular flexibility index (Phi) is 32.3. The van der Waals surface area contributed by atoms with Gasteiger partial charge in [-0.3, -0.25) is 9.59 Å². The molecule has 8 rings (SSSR count). The van der Waals surface area contributed by atoms with Crippen molar-refractivity contribution in [2.24, 2.45) is 0 Å². The van der Waals surface area contributed by atoms with E-state index in [-0.39, 0.29) is 159 Å². The largest absolute Gasteiger partial charge is 0.677 e. The molecule has 0 atom stereocenters. The first-order valence-corrected chi connectivity index (χ1v) is 31.1. The minimum Gasteiger partial charge on any atom is -0.677 e. The molecule has 0 saturated carbocycles. The number of carbonyl (C=O) groups is 10. The number of nitrogens with one attached hydrogen (secondary N) is 2. The molecule has 0 aliphatic heterocycles. The van der Waals surface area contributed by atoms with E-state index in [2.05, 4.69) is 0 Å². The molecule has 528 valence electrons. The van der Waals surface area contributed by atoms with Crippen LogP contribution in [0.2, 0.25) is 20.1 Å². The predicted octanol–water partition coefficient (Wildman–Crippen LogP) is 17.2. The molecule has 102 heavy (non-hydrogen) atoms. The average Bonchev–Trinajstić information content (AvgIpc) is 0.808. The molecule has 0 spiro atoms. The second-order valence-corrected chi connectivity index (χ2v) is 24.4. The smallest absolute Gasteiger partial charge is 0.339 e. The van der Waals surface area contributed by atoms with Gasteiger partial charge in [-0.1, -0.05) is 100 Å². The molecule has 0 bridgehead atoms. The van der Waals surface area contributed by atoms with Crippen LogP contribution in [0.15, 0.2) is 103 Å². The summed E-state index contributed by atoms with van der Waals surface area (Å²) in [6, 6.07) is 22.1. The molecule has 22 nitrogen and oxygen atoms in total. The second-order valence-electron chi connectivity index (χ2n) is 22.8. The van der Waals surface area contributed by atoms with Gasteiger partial charge >= 0.3 is 47.8 Å². The number of phenols is 1. The fraction of sp³-hybridized carbons (Fsp3) is 0.189. The normalized spacial score (nSPS) is 10.4. The molecule has 8 aromatic carbocycles. The van der Waals surface area contributed by atoms with Gasteiger partial charge in [0.25, 0.3) is 0 Å². The standard InChI is InChI=1S/C22H24NO4.C19H20NO4.C17H12Cl2O6.C16H10Cl2O6.2Y/c1-12-8-16(10-19(14(12)3)21(24)25)18(6-5-7-23)17-9-13(2)15(4)20(11-17)22(26)27;1-9-5-13(7-15(11(9)3)18(21)22)17(20)14-6-10(2)12(4)16(8-14)19(23)24;1-7-10(16(21)22)3-8(5-12(7)18)14(20)9-4-11(17(23)24)15(25-2)13(19)6-9;1-6-9(15(21)22)2-7(4-11(6)17)13(19)8-3-10(16(23)24)14(20)12(18)5-8;;/h6,8-11,23H,5,7H2,1-4H3,(H,24,25)(H,26,27);5-8,17,20H,1-4H3,(H,21,22)(H,23,24);3-6H,1-2H3,(H,21,22)(H,23,24);2-5,20H,1H3,(H,21,22)(H,23,24);;/q2*-1;;;;. The third-order valence-electron chi connectivity index (χ3n) is 16.4. The molecule has 8 aromatic rings. The number of methoxy groups -OCH3 is 1. The topological polar surface area (TPSA) is 410 Å². The van der Waals surface area contributed by atoms with Crippen LogP contribution >= 0.6 is 46.4 Å². The van der Waals surface area contributed by atoms with E-state index in [0.717, 1.165) is 52.1 Å². The van der Waals surface area contributed by atoms with Gasteiger partial charge in [-0.15, -0.1) is 6.54 Å². The number of hydrogen-bond donors (Lipinski definition) is 9. The van der Waals surface area contributed by atoms with Crippen molar-refractivity contribution in [3.63, 3.8) is 0 Å². The van der Waals surface area contributed by atoms with Crippen molar-refractivity contribution in [3.8, 4) is 11.5 Å². The second kappa shape index (κ2) is 37.6. The summed E-state index contributed by atoms with van der Waals surface area (Å²) >= 11 is 23.7. The SMILES string of the molecule is COc1c(Cl)cc(C(=O)c2cc(Cl)c(C)c(C(=O)O)c2)cc1C(=O)O.Cc1c(Cl)cc(C(=O)c2cc(Cl)c(O)c(C(=O)O)c2)cc1C(=O)O.Cc1cc(C(=CCC[NH-])c2cc(C)c(C)c(C(=O)O)c2)cc(C(=O)O)c1C.Cc1cc(C([NH-])c2cc(C)c(C)c(C(=O)O)c2)cc(C(=O)O)c1C.[Y].[Y]. The number of halogens is 4. The van der Waals surface area contributed by atoms with E-state index in [1.807, 2.05) is 32.1 Å². The van der Waals surface area contributed by atoms with Crippen molar-refractivity contribution >= 4 is 111 Å². The van der Waals surface area contributed by atoms with E-state index < -0.39 is 76.7 Å². The first-order chi connectivity index (χ1) is 46.6. The van der Waals surface area contributed by atoms with Crippen molar-refractivity contribution in [2.45, 2.75) is 81.7 Å². The maximum atomic E-state index is 12.7. The van der Waals surface area contributed by atoms with Gasteiger partial charge in [0.05, 0.1) is 50.5 Å². The Balaban J connectivity index is 0.000000352. The molecule has 2 radical (unpaired) electrons. The minimum atomic E-state index is -1.46. The number of benzene rings is 8. The Morgan fingerprint density at radius 2 is 0.637 bits per heavy atom. The quantitative estimate of drug-likeness (QED) is 0.0340. The number of aromatic hydroxyl groups is 1. The fourth-order valence-electron chi connectivity index (χ4n) is 10.2. The van der Waals surface area contributed by atoms with Crippen LogP contribution in [-0.2, 0) is 65.4 Å². The van der Waals surface area contributed by atoms with Crippen LogP contribution in [0.3, 0.4) is 0 Å². The molecule has 0 aromatic heterocycles. The number of carboxylic acids is 8. The van der Waals surface area contributed by atoms with E-state index in [9.17, 15) is 83.7 Å². The maximum Gasteiger partial charge on any atom is 0.339 e. The first-order valence-electron chi connectivity index (χ1n) is 29.6. The molecule has 0 unspecified atom stereocenters. The van der Waals surface area contributed by atoms with Crippen molar-refractivity contribution in [1.29, 1.82) is 0 Å². The van der Waals surface area contributed by atoms with Crippen molar-refractivity contribution < 1.29 is 164 Å². The number of carbonyl (C=O) groups excluding carboxylic acids is 2. The molecule has 0 aliphatic carbocycles. The van der Waals surface area contributed by atoms with Gasteiger partial charge in [-0.25, -0.2) is 38.4 Å². The number of ketones is 2. The third kappa shape index (κ3) is 20.9. The van der Waals surface area contributed by atoms with Gasteiger partial charge in [0.15, 0.2) is 17.3 Å². The summed E-state index contributed by atoms with van der Waals surface area (Å²) in [6.07, 6.45) is 2.36. The summed E-state index contributed by atoms with van der Waals surface area (Å²) in [5, 5.41) is 83.8. The number of rotatable bonds is 19. The molecule has 28 heteroatoms. The van der Waals surface area contributed by atoms with Crippen LogP contribution in [0.1, 0.15) is 205 Å². The molecule has 0 saturated heterocycles. The van der Waals surface area contributed by atoms with Crippen LogP contribution in [0, 0.1) is 69.2 Å². The van der Waals surface area contributed by atoms with Crippen LogP contribution in [0.25, 0.3) is 17.0 Å². The zero-order valence-electron chi connectivity index (χ0n) is 56.5. The molecule has 0 fully saturated rings. The summed E-state index contributed by atoms with van der Waals surface area (Å²) in [5.41, 5.74) is 25.4. The summed E-state index contributed by atoms with van der Waals surface area (Å²) in [4.78, 5) is 116. The average molecular weight is 1620 g/mol. The Morgan fingerprint density at radius 3 is 0.951 bits per heavy atom. The first kappa shape index (κ1) is 87.7. The van der Waals surface area contributed by atoms with Crippen molar-refractivity contribution in [3.05, 3.63) is 279 Å². The predicted molar refractivity (Wildman–Crippen MR) is 377 cm³/mol. The van der Waals surface area contributed by atoms with Gasteiger partial charge < -0.3 is 62.2 Å². The molecular formula is C74H66Cl4N2O20Y2-2. The van der Waals surface area contributed by atoms with E-state index >= 15 is 0 Å². The van der Waals surface area contributed by atoms with Crippen molar-refractivity contribution in [2.75, 3.05) is 13.7 Å². The molecule has 0 aliphatic rings. The molecule has 0 heterocycles. The van der Waals surface area contributed by atoms with Gasteiger partial charge in [0, 0.05) is 97.7 Å². The van der Waals surface area contributed by atoms with Crippen LogP contribution < -0.4 is 4.74 Å². The van der Waals surface area contributed by atoms with E-state index in [0.29, 0.717) is 62.1 Å². The molecule has 11 N–H and O–H groups in total. The number of hydrogen-bond acceptors (Lipinski definition) is 12. The monoisotopic (exact) mass is 1620 g/mol. The van der Waals surface area contributed by atoms with Crippen molar-refractivity contribution in [1.82, 2.24) is 0 Å². The summed E-state index contributed by atoms with van der Waals surface area (Å²) in [7, 11) is 1.26. The van der Waals surface area contributed by atoms with Gasteiger partial charge in [0.1, 0.15) is 16.9 Å². The zero-order chi connectivity index (χ0) is 75.5. The van der Waals surface area contributed by atoms with Crippen LogP contribution in [0.4, 0.5) is 0 Å². The Morgan fingerprint density at radius 1 is 0.373 bits per heavy atom. The van der Waals surface area contributed by atoms with Gasteiger partial charge in [-0.2, -0.15) is 0 Å². The molecular weight excluding hydrogens is 1560 g/mol. The van der Waals surface area contributed by atoms with E-state index in [4.69, 9.17) is 72.8 Å². The Hall–Kier alpha value is -8.51. The maximum absolute atomic E-state index is 12.7. The van der Waals surface area contributed by atoms with Gasteiger partial charge in [0.2, 0.25) is 0 Å². The number of ether oxygens (including phenoxy) is 1. The fourth-order valence-corrected chi connectivity index (χ4v) is 11.2. The Labute approximate surface area is 655 Å². The minimum absolute atomic E-state index is 0. The summed E-state index contributed by atoms with van der Waals surface area (Å²) in [5.74, 6) is -11.3. The van der Waals surface area contributed by atoms with Crippen LogP contribution in [-0.4, -0.2) is 119 Å². The van der Waals surface area contributed by atoms with Gasteiger partial charge in [-0.05, 0) is 214 Å². The number of aryl methyl sites for hydroxylation is 4. The number of aromatic carboxylic acids is 8. The molecule has 0 amide bonds. The van der Waals surface area contributed by atoms with Crippen LogP contribution in [0.5, 0.6) is 11.5 Å².